The number of esters is 1. The minimum absolute atomic E-state index is 0.0325. The number of carbonyl (C=O) groups excluding carboxylic acids is 1. The summed E-state index contributed by atoms with van der Waals surface area (Å²) in [7, 11) is 0. The van der Waals surface area contributed by atoms with Crippen molar-refractivity contribution >= 4 is 16.9 Å². The van der Waals surface area contributed by atoms with Crippen molar-refractivity contribution in [3.63, 3.8) is 0 Å². The molecule has 1 unspecified atom stereocenters. The second-order valence-electron chi connectivity index (χ2n) is 7.08. The fourth-order valence-electron chi connectivity index (χ4n) is 4.11. The van der Waals surface area contributed by atoms with E-state index in [0.29, 0.717) is 23.6 Å². The molecule has 0 fully saturated rings. The number of nitrogens with zero attached hydrogens (tertiary/aromatic N) is 2. The van der Waals surface area contributed by atoms with Crippen molar-refractivity contribution in [2.24, 2.45) is 0 Å². The van der Waals surface area contributed by atoms with E-state index in [9.17, 15) is 9.59 Å². The molecule has 134 valence electrons. The van der Waals surface area contributed by atoms with Crippen LogP contribution in [0.1, 0.15) is 29.5 Å². The lowest BCUT2D eigenvalue weighted by Gasteiger charge is -2.22. The predicted molar refractivity (Wildman–Crippen MR) is 94.9 cm³/mol. The number of hydrogen-bond donors (Lipinski definition) is 0. The van der Waals surface area contributed by atoms with Gasteiger partial charge in [0.05, 0.1) is 34.9 Å². The average Bonchev–Trinajstić information content (AvgIpc) is 3.25. The Morgan fingerprint density at radius 2 is 1.89 bits per heavy atom. The van der Waals surface area contributed by atoms with Gasteiger partial charge < -0.3 is 18.8 Å². The number of carbonyl (C=O) groups is 1. The van der Waals surface area contributed by atoms with Crippen LogP contribution in [0, 0.1) is 0 Å². The van der Waals surface area contributed by atoms with Crippen LogP contribution >= 0.6 is 0 Å². The Hall–Kier alpha value is -3.35. The van der Waals surface area contributed by atoms with Gasteiger partial charge in [0.25, 0.3) is 5.56 Å². The number of ether oxygens (including phenoxy) is 3. The highest BCUT2D eigenvalue weighted by atomic mass is 16.7. The molecule has 3 aliphatic heterocycles. The number of cyclic esters (lactones) is 1. The molecule has 0 aliphatic carbocycles. The summed E-state index contributed by atoms with van der Waals surface area (Å²) < 4.78 is 17.7. The first kappa shape index (κ1) is 14.8. The van der Waals surface area contributed by atoms with Crippen molar-refractivity contribution in [3.05, 3.63) is 51.3 Å². The molecular formula is C20H14N2O5. The normalized spacial score (nSPS) is 18.9. The van der Waals surface area contributed by atoms with Crippen LogP contribution in [0.4, 0.5) is 0 Å². The molecule has 5 heterocycles. The Bertz CT molecular complexity index is 1240. The standard InChI is InChI=1S/C20H14N2O5/c1-9-12-4-15-18-11(6-22(15)19(23)13(12)7-25-20(9)24)2-10-3-16-17(27-8-26-16)5-14(10)21-18/h2-5,9H,6-8H2,1H3. The smallest absolute Gasteiger partial charge is 0.313 e. The minimum atomic E-state index is -0.453. The third kappa shape index (κ3) is 1.88. The van der Waals surface area contributed by atoms with Gasteiger partial charge in [-0.2, -0.15) is 0 Å². The Kier molecular flexibility index (Phi) is 2.67. The minimum Gasteiger partial charge on any atom is -0.460 e. The van der Waals surface area contributed by atoms with E-state index < -0.39 is 5.92 Å². The van der Waals surface area contributed by atoms with Crippen molar-refractivity contribution in [1.29, 1.82) is 0 Å². The predicted octanol–water partition coefficient (Wildman–Crippen LogP) is 2.31. The van der Waals surface area contributed by atoms with Crippen LogP contribution in [0.5, 0.6) is 11.5 Å². The van der Waals surface area contributed by atoms with E-state index in [0.717, 1.165) is 33.4 Å². The second kappa shape index (κ2) is 4.88. The van der Waals surface area contributed by atoms with Crippen LogP contribution < -0.4 is 15.0 Å². The average molecular weight is 362 g/mol. The number of benzene rings is 1. The van der Waals surface area contributed by atoms with E-state index in [2.05, 4.69) is 0 Å². The molecule has 1 aromatic carbocycles. The summed E-state index contributed by atoms with van der Waals surface area (Å²) in [4.78, 5) is 29.7. The summed E-state index contributed by atoms with van der Waals surface area (Å²) in [6, 6.07) is 7.73. The monoisotopic (exact) mass is 362 g/mol. The summed E-state index contributed by atoms with van der Waals surface area (Å²) in [6.45, 7) is 2.46. The Balaban J connectivity index is 1.60. The van der Waals surface area contributed by atoms with Gasteiger partial charge in [0.15, 0.2) is 11.5 Å². The third-order valence-electron chi connectivity index (χ3n) is 5.57. The third-order valence-corrected chi connectivity index (χ3v) is 5.57. The van der Waals surface area contributed by atoms with Crippen LogP contribution in [0.25, 0.3) is 22.3 Å². The van der Waals surface area contributed by atoms with Gasteiger partial charge in [-0.05, 0) is 30.7 Å². The van der Waals surface area contributed by atoms with E-state index in [1.54, 1.807) is 11.5 Å². The Morgan fingerprint density at radius 3 is 2.74 bits per heavy atom. The molecule has 2 aromatic heterocycles. The Morgan fingerprint density at radius 1 is 1.07 bits per heavy atom. The van der Waals surface area contributed by atoms with Crippen molar-refractivity contribution in [1.82, 2.24) is 9.55 Å². The quantitative estimate of drug-likeness (QED) is 0.447. The van der Waals surface area contributed by atoms with Crippen LogP contribution in [0.2, 0.25) is 0 Å². The van der Waals surface area contributed by atoms with Crippen LogP contribution in [-0.2, 0) is 22.7 Å². The maximum absolute atomic E-state index is 13.0. The van der Waals surface area contributed by atoms with Crippen LogP contribution in [0.3, 0.4) is 0 Å². The molecule has 0 saturated carbocycles. The molecular weight excluding hydrogens is 348 g/mol. The molecule has 0 spiro atoms. The maximum Gasteiger partial charge on any atom is 0.313 e. The number of pyridine rings is 2. The van der Waals surface area contributed by atoms with Gasteiger partial charge >= 0.3 is 5.97 Å². The topological polar surface area (TPSA) is 79.7 Å². The summed E-state index contributed by atoms with van der Waals surface area (Å²) in [5, 5.41) is 0.940. The first-order chi connectivity index (χ1) is 13.1. The zero-order valence-corrected chi connectivity index (χ0v) is 14.4. The number of rotatable bonds is 0. The summed E-state index contributed by atoms with van der Waals surface area (Å²) in [6.07, 6.45) is 0. The van der Waals surface area contributed by atoms with E-state index in [-0.39, 0.29) is 24.9 Å². The summed E-state index contributed by atoms with van der Waals surface area (Å²) in [5.74, 6) is 0.624. The fourth-order valence-corrected chi connectivity index (χ4v) is 4.11. The van der Waals surface area contributed by atoms with Gasteiger partial charge in [0, 0.05) is 17.0 Å². The molecule has 7 heteroatoms. The number of hydrogen-bond acceptors (Lipinski definition) is 6. The molecule has 0 amide bonds. The molecule has 1 atom stereocenters. The van der Waals surface area contributed by atoms with E-state index in [1.165, 1.54) is 0 Å². The van der Waals surface area contributed by atoms with Crippen molar-refractivity contribution in [2.75, 3.05) is 6.79 Å². The summed E-state index contributed by atoms with van der Waals surface area (Å²) >= 11 is 0. The molecule has 7 nitrogen and oxygen atoms in total. The summed E-state index contributed by atoms with van der Waals surface area (Å²) in [5.41, 5.74) is 4.46. The largest absolute Gasteiger partial charge is 0.460 e. The van der Waals surface area contributed by atoms with Gasteiger partial charge in [-0.3, -0.25) is 9.59 Å². The molecule has 0 radical (unpaired) electrons. The van der Waals surface area contributed by atoms with Crippen molar-refractivity contribution in [2.45, 2.75) is 26.0 Å². The highest BCUT2D eigenvalue weighted by molar-refractivity contribution is 5.87. The maximum atomic E-state index is 13.0. The van der Waals surface area contributed by atoms with Crippen molar-refractivity contribution in [3.8, 4) is 22.9 Å². The number of aromatic nitrogens is 2. The highest BCUT2D eigenvalue weighted by Gasteiger charge is 2.32. The zero-order chi connectivity index (χ0) is 18.3. The molecule has 0 N–H and O–H groups in total. The lowest BCUT2D eigenvalue weighted by atomic mass is 9.94. The fraction of sp³-hybridized carbons (Fsp3) is 0.250. The molecule has 6 rings (SSSR count). The van der Waals surface area contributed by atoms with E-state index in [1.807, 2.05) is 24.3 Å². The van der Waals surface area contributed by atoms with Crippen LogP contribution in [-0.4, -0.2) is 22.3 Å². The highest BCUT2D eigenvalue weighted by Crippen LogP contribution is 2.39. The second-order valence-corrected chi connectivity index (χ2v) is 7.08. The lowest BCUT2D eigenvalue weighted by molar-refractivity contribution is -0.147. The van der Waals surface area contributed by atoms with Crippen molar-refractivity contribution < 1.29 is 19.0 Å². The van der Waals surface area contributed by atoms with Crippen LogP contribution in [0.15, 0.2) is 29.1 Å². The number of fused-ring (bicyclic) bond motifs is 6. The molecule has 0 saturated heterocycles. The lowest BCUT2D eigenvalue weighted by Crippen LogP contribution is -2.31. The van der Waals surface area contributed by atoms with E-state index in [4.69, 9.17) is 19.2 Å². The molecule has 0 bridgehead atoms. The molecule has 27 heavy (non-hydrogen) atoms. The van der Waals surface area contributed by atoms with Gasteiger partial charge in [-0.15, -0.1) is 0 Å². The first-order valence-electron chi connectivity index (χ1n) is 8.77. The van der Waals surface area contributed by atoms with Gasteiger partial charge in [-0.1, -0.05) is 0 Å². The van der Waals surface area contributed by atoms with Gasteiger partial charge in [0.1, 0.15) is 6.61 Å². The Labute approximate surface area is 153 Å². The van der Waals surface area contributed by atoms with E-state index >= 15 is 0 Å². The van der Waals surface area contributed by atoms with Gasteiger partial charge in [-0.25, -0.2) is 4.98 Å². The molecule has 3 aliphatic rings. The van der Waals surface area contributed by atoms with Gasteiger partial charge in [0.2, 0.25) is 6.79 Å². The first-order valence-corrected chi connectivity index (χ1v) is 8.77. The molecule has 3 aromatic rings. The SMILES string of the molecule is CC1C(=O)OCc2c1cc1n(c2=O)Cc2cc3cc4c(cc3nc2-1)OCO4. The zero-order valence-electron chi connectivity index (χ0n) is 14.4.